The summed E-state index contributed by atoms with van der Waals surface area (Å²) in [6.45, 7) is 6.10. The zero-order chi connectivity index (χ0) is 20.1. The Labute approximate surface area is 168 Å². The molecule has 0 unspecified atom stereocenters. The van der Waals surface area contributed by atoms with Gasteiger partial charge in [0.25, 0.3) is 11.6 Å². The first kappa shape index (κ1) is 20.1. The Balaban J connectivity index is 1.56. The van der Waals surface area contributed by atoms with Gasteiger partial charge >= 0.3 is 0 Å². The number of hydrogen-bond acceptors (Lipinski definition) is 5. The van der Waals surface area contributed by atoms with Crippen LogP contribution in [0.4, 0.5) is 5.69 Å². The number of halogens is 1. The molecule has 2 aromatic rings. The zero-order valence-electron chi connectivity index (χ0n) is 15.6. The van der Waals surface area contributed by atoms with E-state index >= 15 is 0 Å². The SMILES string of the molecule is CCOc1ccc(CN2CCN(C(=O)c3ccc([N+](=O)[O-])cc3Cl)CC2)cc1. The van der Waals surface area contributed by atoms with Crippen LogP contribution in [-0.4, -0.2) is 53.4 Å². The Morgan fingerprint density at radius 1 is 1.14 bits per heavy atom. The molecule has 0 atom stereocenters. The quantitative estimate of drug-likeness (QED) is 0.544. The molecule has 0 aromatic heterocycles. The Morgan fingerprint density at radius 3 is 2.39 bits per heavy atom. The molecule has 2 aromatic carbocycles. The number of hydrogen-bond donors (Lipinski definition) is 0. The maximum atomic E-state index is 12.7. The molecule has 1 amide bonds. The molecule has 1 aliphatic heterocycles. The van der Waals surface area contributed by atoms with Crippen LogP contribution in [0, 0.1) is 10.1 Å². The third-order valence-corrected chi connectivity index (χ3v) is 5.01. The number of non-ortho nitro benzene ring substituents is 1. The number of benzene rings is 2. The first-order valence-electron chi connectivity index (χ1n) is 9.15. The van der Waals surface area contributed by atoms with Crippen LogP contribution in [0.15, 0.2) is 42.5 Å². The lowest BCUT2D eigenvalue weighted by molar-refractivity contribution is -0.384. The van der Waals surface area contributed by atoms with E-state index in [4.69, 9.17) is 16.3 Å². The minimum absolute atomic E-state index is 0.107. The molecule has 1 aliphatic rings. The van der Waals surface area contributed by atoms with E-state index in [1.807, 2.05) is 19.1 Å². The molecule has 7 nitrogen and oxygen atoms in total. The molecule has 0 radical (unpaired) electrons. The van der Waals surface area contributed by atoms with E-state index in [1.165, 1.54) is 23.8 Å². The van der Waals surface area contributed by atoms with E-state index < -0.39 is 4.92 Å². The van der Waals surface area contributed by atoms with Gasteiger partial charge in [0.2, 0.25) is 0 Å². The molecule has 148 valence electrons. The molecular formula is C20H22ClN3O4. The van der Waals surface area contributed by atoms with Crippen molar-refractivity contribution in [3.05, 3.63) is 68.7 Å². The zero-order valence-corrected chi connectivity index (χ0v) is 16.4. The van der Waals surface area contributed by atoms with Crippen molar-refractivity contribution in [2.24, 2.45) is 0 Å². The van der Waals surface area contributed by atoms with Crippen molar-refractivity contribution in [1.82, 2.24) is 9.80 Å². The minimum atomic E-state index is -0.528. The Bertz CT molecular complexity index is 849. The van der Waals surface area contributed by atoms with E-state index in [1.54, 1.807) is 4.90 Å². The highest BCUT2D eigenvalue weighted by Gasteiger charge is 2.24. The summed E-state index contributed by atoms with van der Waals surface area (Å²) in [5.41, 5.74) is 1.37. The predicted molar refractivity (Wildman–Crippen MR) is 107 cm³/mol. The third-order valence-electron chi connectivity index (χ3n) is 4.69. The van der Waals surface area contributed by atoms with Crippen molar-refractivity contribution in [3.8, 4) is 5.75 Å². The van der Waals surface area contributed by atoms with Gasteiger partial charge in [-0.1, -0.05) is 23.7 Å². The summed E-state index contributed by atoms with van der Waals surface area (Å²) in [6, 6.07) is 12.0. The molecule has 0 bridgehead atoms. The monoisotopic (exact) mass is 403 g/mol. The number of nitrogens with zero attached hydrogens (tertiary/aromatic N) is 3. The molecule has 28 heavy (non-hydrogen) atoms. The maximum Gasteiger partial charge on any atom is 0.270 e. The summed E-state index contributed by atoms with van der Waals surface area (Å²) in [4.78, 5) is 27.0. The summed E-state index contributed by atoms with van der Waals surface area (Å²) in [5, 5.41) is 10.9. The van der Waals surface area contributed by atoms with Gasteiger partial charge < -0.3 is 9.64 Å². The molecular weight excluding hydrogens is 382 g/mol. The molecule has 8 heteroatoms. The number of ether oxygens (including phenoxy) is 1. The van der Waals surface area contributed by atoms with Crippen molar-refractivity contribution in [1.29, 1.82) is 0 Å². The van der Waals surface area contributed by atoms with Crippen LogP contribution in [0.25, 0.3) is 0 Å². The molecule has 3 rings (SSSR count). The highest BCUT2D eigenvalue weighted by molar-refractivity contribution is 6.34. The number of piperazine rings is 1. The van der Waals surface area contributed by atoms with E-state index in [2.05, 4.69) is 17.0 Å². The molecule has 1 fully saturated rings. The van der Waals surface area contributed by atoms with E-state index in [0.29, 0.717) is 25.3 Å². The van der Waals surface area contributed by atoms with Gasteiger partial charge in [0.15, 0.2) is 0 Å². The second kappa shape index (κ2) is 9.03. The summed E-state index contributed by atoms with van der Waals surface area (Å²) in [5.74, 6) is 0.669. The number of nitro benzene ring substituents is 1. The molecule has 0 aliphatic carbocycles. The third kappa shape index (κ3) is 4.79. The first-order chi connectivity index (χ1) is 13.5. The van der Waals surface area contributed by atoms with Gasteiger partial charge in [0.1, 0.15) is 5.75 Å². The van der Waals surface area contributed by atoms with Gasteiger partial charge in [-0.05, 0) is 30.7 Å². The fourth-order valence-electron chi connectivity index (χ4n) is 3.19. The Kier molecular flexibility index (Phi) is 6.49. The predicted octanol–water partition coefficient (Wildman–Crippen LogP) is 3.60. The molecule has 1 heterocycles. The summed E-state index contributed by atoms with van der Waals surface area (Å²) in [7, 11) is 0. The molecule has 0 spiro atoms. The van der Waals surface area contributed by atoms with Crippen molar-refractivity contribution < 1.29 is 14.5 Å². The lowest BCUT2D eigenvalue weighted by atomic mass is 10.1. The maximum absolute atomic E-state index is 12.7. The van der Waals surface area contributed by atoms with Gasteiger partial charge in [-0.15, -0.1) is 0 Å². The van der Waals surface area contributed by atoms with Crippen molar-refractivity contribution in [3.63, 3.8) is 0 Å². The van der Waals surface area contributed by atoms with Gasteiger partial charge in [0.05, 0.1) is 22.1 Å². The van der Waals surface area contributed by atoms with Crippen LogP contribution in [0.5, 0.6) is 5.75 Å². The first-order valence-corrected chi connectivity index (χ1v) is 9.53. The smallest absolute Gasteiger partial charge is 0.270 e. The van der Waals surface area contributed by atoms with Crippen molar-refractivity contribution >= 4 is 23.2 Å². The normalized spacial score (nSPS) is 14.7. The summed E-state index contributed by atoms with van der Waals surface area (Å²) >= 11 is 6.09. The van der Waals surface area contributed by atoms with Crippen LogP contribution >= 0.6 is 11.6 Å². The van der Waals surface area contributed by atoms with Crippen molar-refractivity contribution in [2.45, 2.75) is 13.5 Å². The van der Waals surface area contributed by atoms with Crippen LogP contribution in [0.1, 0.15) is 22.8 Å². The second-order valence-corrected chi connectivity index (χ2v) is 6.97. The average Bonchev–Trinajstić information content (AvgIpc) is 2.69. The highest BCUT2D eigenvalue weighted by Crippen LogP contribution is 2.24. The average molecular weight is 404 g/mol. The largest absolute Gasteiger partial charge is 0.494 e. The van der Waals surface area contributed by atoms with Gasteiger partial charge in [-0.25, -0.2) is 0 Å². The fourth-order valence-corrected chi connectivity index (χ4v) is 3.44. The van der Waals surface area contributed by atoms with Crippen LogP contribution < -0.4 is 4.74 Å². The van der Waals surface area contributed by atoms with Gasteiger partial charge in [0, 0.05) is 44.9 Å². The molecule has 1 saturated heterocycles. The summed E-state index contributed by atoms with van der Waals surface area (Å²) in [6.07, 6.45) is 0. The molecule has 0 saturated carbocycles. The number of nitro groups is 1. The lowest BCUT2D eigenvalue weighted by Crippen LogP contribution is -2.48. The lowest BCUT2D eigenvalue weighted by Gasteiger charge is -2.35. The number of carbonyl (C=O) groups is 1. The number of amides is 1. The molecule has 0 N–H and O–H groups in total. The standard InChI is InChI=1S/C20H22ClN3O4/c1-2-28-17-6-3-15(4-7-17)14-22-9-11-23(12-10-22)20(25)18-8-5-16(24(26)27)13-19(18)21/h3-8,13H,2,9-12,14H2,1H3. The Morgan fingerprint density at radius 2 is 1.82 bits per heavy atom. The van der Waals surface area contributed by atoms with Crippen molar-refractivity contribution in [2.75, 3.05) is 32.8 Å². The van der Waals surface area contributed by atoms with E-state index in [-0.39, 0.29) is 16.6 Å². The van der Waals surface area contributed by atoms with E-state index in [9.17, 15) is 14.9 Å². The van der Waals surface area contributed by atoms with E-state index in [0.717, 1.165) is 25.4 Å². The summed E-state index contributed by atoms with van der Waals surface area (Å²) < 4.78 is 5.46. The fraction of sp³-hybridized carbons (Fsp3) is 0.350. The van der Waals surface area contributed by atoms with Gasteiger partial charge in [-0.2, -0.15) is 0 Å². The van der Waals surface area contributed by atoms with Crippen LogP contribution in [0.2, 0.25) is 5.02 Å². The number of rotatable bonds is 6. The topological polar surface area (TPSA) is 75.9 Å². The van der Waals surface area contributed by atoms with Crippen LogP contribution in [-0.2, 0) is 6.54 Å². The Hall–Kier alpha value is -2.64. The van der Waals surface area contributed by atoms with Gasteiger partial charge in [-0.3, -0.25) is 19.8 Å². The second-order valence-electron chi connectivity index (χ2n) is 6.57. The van der Waals surface area contributed by atoms with Crippen LogP contribution in [0.3, 0.4) is 0 Å². The highest BCUT2D eigenvalue weighted by atomic mass is 35.5. The number of carbonyl (C=O) groups excluding carboxylic acids is 1. The minimum Gasteiger partial charge on any atom is -0.494 e.